The number of ether oxygens (including phenoxy) is 1. The molecule has 0 radical (unpaired) electrons. The minimum absolute atomic E-state index is 0.0633. The van der Waals surface area contributed by atoms with Crippen molar-refractivity contribution < 1.29 is 9.53 Å². The molecule has 3 aromatic rings. The summed E-state index contributed by atoms with van der Waals surface area (Å²) in [5.74, 6) is 0.633. The number of carbonyl (C=O) groups excluding carboxylic acids is 1. The number of rotatable bonds is 6. The lowest BCUT2D eigenvalue weighted by Gasteiger charge is -2.22. The molecule has 140 valence electrons. The van der Waals surface area contributed by atoms with Crippen LogP contribution in [0.25, 0.3) is 10.8 Å². The molecule has 0 bridgehead atoms. The Balaban J connectivity index is 1.72. The summed E-state index contributed by atoms with van der Waals surface area (Å²) >= 11 is 0. The topological polar surface area (TPSA) is 38.3 Å². The van der Waals surface area contributed by atoms with E-state index >= 15 is 0 Å². The van der Waals surface area contributed by atoms with Crippen molar-refractivity contribution in [2.75, 3.05) is 0 Å². The Morgan fingerprint density at radius 3 is 2.48 bits per heavy atom. The normalized spacial score (nSPS) is 13.2. The summed E-state index contributed by atoms with van der Waals surface area (Å²) in [6, 6.07) is 20.3. The molecule has 1 N–H and O–H groups in total. The molecule has 3 rings (SSSR count). The van der Waals surface area contributed by atoms with Crippen LogP contribution in [0.15, 0.2) is 60.7 Å². The summed E-state index contributed by atoms with van der Waals surface area (Å²) in [5.41, 5.74) is 3.51. The third-order valence-corrected chi connectivity index (χ3v) is 4.92. The van der Waals surface area contributed by atoms with Gasteiger partial charge in [0.2, 0.25) is 0 Å². The first-order valence-electron chi connectivity index (χ1n) is 9.51. The fraction of sp³-hybridized carbons (Fsp3) is 0.292. The predicted octanol–water partition coefficient (Wildman–Crippen LogP) is 5.49. The van der Waals surface area contributed by atoms with Gasteiger partial charge in [0.05, 0.1) is 6.04 Å². The monoisotopic (exact) mass is 361 g/mol. The van der Waals surface area contributed by atoms with Crippen LogP contribution >= 0.6 is 0 Å². The van der Waals surface area contributed by atoms with Gasteiger partial charge in [0, 0.05) is 0 Å². The molecule has 0 aliphatic heterocycles. The first-order chi connectivity index (χ1) is 13.0. The van der Waals surface area contributed by atoms with E-state index in [-0.39, 0.29) is 11.9 Å². The Kier molecular flexibility index (Phi) is 5.80. The number of hydrogen-bond donors (Lipinski definition) is 1. The molecular formula is C24H27NO2. The summed E-state index contributed by atoms with van der Waals surface area (Å²) in [5, 5.41) is 5.37. The zero-order valence-corrected chi connectivity index (χ0v) is 16.5. The average Bonchev–Trinajstić information content (AvgIpc) is 2.67. The number of amides is 1. The van der Waals surface area contributed by atoms with Gasteiger partial charge in [-0.15, -0.1) is 0 Å². The van der Waals surface area contributed by atoms with Crippen molar-refractivity contribution in [3.8, 4) is 5.75 Å². The van der Waals surface area contributed by atoms with Crippen LogP contribution in [-0.2, 0) is 4.79 Å². The summed E-state index contributed by atoms with van der Waals surface area (Å²) in [4.78, 5) is 12.8. The van der Waals surface area contributed by atoms with E-state index in [1.807, 2.05) is 50.2 Å². The number of benzene rings is 3. The predicted molar refractivity (Wildman–Crippen MR) is 111 cm³/mol. The largest absolute Gasteiger partial charge is 0.481 e. The molecule has 1 amide bonds. The van der Waals surface area contributed by atoms with Gasteiger partial charge in [0.1, 0.15) is 5.75 Å². The second-order valence-electron chi connectivity index (χ2n) is 7.11. The van der Waals surface area contributed by atoms with Crippen LogP contribution in [-0.4, -0.2) is 12.0 Å². The summed E-state index contributed by atoms with van der Waals surface area (Å²) in [6.07, 6.45) is 0.0942. The quantitative estimate of drug-likeness (QED) is 0.630. The van der Waals surface area contributed by atoms with Gasteiger partial charge >= 0.3 is 0 Å². The van der Waals surface area contributed by atoms with Crippen molar-refractivity contribution in [2.24, 2.45) is 0 Å². The second kappa shape index (κ2) is 8.26. The SMILES string of the molecule is CC[C@H](Oc1ccc2ccccc2c1)C(=O)N[C@H](C)c1cc(C)ccc1C. The molecule has 0 aromatic heterocycles. The lowest BCUT2D eigenvalue weighted by molar-refractivity contribution is -0.128. The molecule has 0 spiro atoms. The fourth-order valence-electron chi connectivity index (χ4n) is 3.34. The molecule has 0 aliphatic rings. The Bertz CT molecular complexity index is 948. The maximum atomic E-state index is 12.8. The smallest absolute Gasteiger partial charge is 0.261 e. The van der Waals surface area contributed by atoms with Gasteiger partial charge in [-0.2, -0.15) is 0 Å². The number of carbonyl (C=O) groups is 1. The molecule has 0 unspecified atom stereocenters. The van der Waals surface area contributed by atoms with E-state index in [0.29, 0.717) is 6.42 Å². The van der Waals surface area contributed by atoms with Gasteiger partial charge in [-0.05, 0) is 61.2 Å². The molecule has 3 heteroatoms. The standard InChI is InChI=1S/C24H27NO2/c1-5-23(27-21-13-12-19-8-6-7-9-20(19)15-21)24(26)25-18(4)22-14-16(2)10-11-17(22)3/h6-15,18,23H,5H2,1-4H3,(H,25,26)/t18-,23+/m1/s1. The summed E-state index contributed by atoms with van der Waals surface area (Å²) < 4.78 is 6.01. The number of nitrogens with one attached hydrogen (secondary N) is 1. The number of hydrogen-bond acceptors (Lipinski definition) is 2. The van der Waals surface area contributed by atoms with Crippen LogP contribution in [0, 0.1) is 13.8 Å². The van der Waals surface area contributed by atoms with Crippen molar-refractivity contribution in [2.45, 2.75) is 46.3 Å². The van der Waals surface area contributed by atoms with Crippen LogP contribution in [0.5, 0.6) is 5.75 Å². The molecule has 0 saturated carbocycles. The van der Waals surface area contributed by atoms with E-state index in [0.717, 1.165) is 22.1 Å². The van der Waals surface area contributed by atoms with Gasteiger partial charge in [-0.3, -0.25) is 4.79 Å². The Morgan fingerprint density at radius 1 is 1.00 bits per heavy atom. The molecule has 27 heavy (non-hydrogen) atoms. The van der Waals surface area contributed by atoms with Gasteiger partial charge in [0.25, 0.3) is 5.91 Å². The van der Waals surface area contributed by atoms with E-state index in [1.165, 1.54) is 11.1 Å². The van der Waals surface area contributed by atoms with E-state index < -0.39 is 6.10 Å². The Labute approximate surface area is 161 Å². The first-order valence-corrected chi connectivity index (χ1v) is 9.51. The highest BCUT2D eigenvalue weighted by atomic mass is 16.5. The third kappa shape index (κ3) is 4.48. The zero-order valence-electron chi connectivity index (χ0n) is 16.5. The maximum Gasteiger partial charge on any atom is 0.261 e. The number of aryl methyl sites for hydroxylation is 2. The lowest BCUT2D eigenvalue weighted by Crippen LogP contribution is -2.39. The van der Waals surface area contributed by atoms with E-state index in [9.17, 15) is 4.79 Å². The highest BCUT2D eigenvalue weighted by Crippen LogP contribution is 2.23. The Morgan fingerprint density at radius 2 is 1.74 bits per heavy atom. The molecular weight excluding hydrogens is 334 g/mol. The van der Waals surface area contributed by atoms with Crippen molar-refractivity contribution in [3.05, 3.63) is 77.4 Å². The minimum atomic E-state index is -0.515. The van der Waals surface area contributed by atoms with Crippen LogP contribution in [0.2, 0.25) is 0 Å². The highest BCUT2D eigenvalue weighted by Gasteiger charge is 2.21. The molecule has 2 atom stereocenters. The fourth-order valence-corrected chi connectivity index (χ4v) is 3.34. The van der Waals surface area contributed by atoms with E-state index in [2.05, 4.69) is 43.4 Å². The lowest BCUT2D eigenvalue weighted by atomic mass is 10.00. The van der Waals surface area contributed by atoms with E-state index in [4.69, 9.17) is 4.74 Å². The van der Waals surface area contributed by atoms with Crippen molar-refractivity contribution >= 4 is 16.7 Å². The van der Waals surface area contributed by atoms with Crippen LogP contribution in [0.3, 0.4) is 0 Å². The Hall–Kier alpha value is -2.81. The second-order valence-corrected chi connectivity index (χ2v) is 7.11. The van der Waals surface area contributed by atoms with Crippen molar-refractivity contribution in [1.29, 1.82) is 0 Å². The average molecular weight is 361 g/mol. The maximum absolute atomic E-state index is 12.8. The molecule has 0 aliphatic carbocycles. The van der Waals surface area contributed by atoms with E-state index in [1.54, 1.807) is 0 Å². The molecule has 3 nitrogen and oxygen atoms in total. The van der Waals surface area contributed by atoms with Gasteiger partial charge in [0.15, 0.2) is 6.10 Å². The molecule has 0 fully saturated rings. The molecule has 0 saturated heterocycles. The zero-order chi connectivity index (χ0) is 19.4. The summed E-state index contributed by atoms with van der Waals surface area (Å²) in [6.45, 7) is 8.12. The van der Waals surface area contributed by atoms with Gasteiger partial charge < -0.3 is 10.1 Å². The van der Waals surface area contributed by atoms with Crippen molar-refractivity contribution in [3.63, 3.8) is 0 Å². The number of fused-ring (bicyclic) bond motifs is 1. The summed E-state index contributed by atoms with van der Waals surface area (Å²) in [7, 11) is 0. The van der Waals surface area contributed by atoms with Crippen molar-refractivity contribution in [1.82, 2.24) is 5.32 Å². The molecule has 3 aromatic carbocycles. The van der Waals surface area contributed by atoms with Crippen LogP contribution in [0.1, 0.15) is 43.0 Å². The van der Waals surface area contributed by atoms with Gasteiger partial charge in [-0.25, -0.2) is 0 Å². The van der Waals surface area contributed by atoms with Crippen LogP contribution < -0.4 is 10.1 Å². The minimum Gasteiger partial charge on any atom is -0.481 e. The highest BCUT2D eigenvalue weighted by molar-refractivity contribution is 5.84. The third-order valence-electron chi connectivity index (χ3n) is 4.92. The van der Waals surface area contributed by atoms with Gasteiger partial charge in [-0.1, -0.05) is 61.0 Å². The van der Waals surface area contributed by atoms with Crippen LogP contribution in [0.4, 0.5) is 0 Å². The molecule has 0 heterocycles. The first kappa shape index (κ1) is 19.0.